The van der Waals surface area contributed by atoms with Crippen molar-refractivity contribution in [3.05, 3.63) is 121 Å². The second-order valence-corrected chi connectivity index (χ2v) is 9.38. The standard InChI is InChI=1S/C31H21FN2O3/c32-21-14-16-22(17-15-21)33-30(35)27-28(34(37-29(27)31(33)36)23-10-2-1-3-11-23)26-24-12-6-4-8-19(24)18-20-9-5-7-13-25(20)26/h1-18,27-29H/t27-,28-,29-/m0/s1. The molecule has 2 heterocycles. The Hall–Kier alpha value is -4.55. The summed E-state index contributed by atoms with van der Waals surface area (Å²) in [5.74, 6) is -2.03. The highest BCUT2D eigenvalue weighted by Gasteiger charge is 2.60. The van der Waals surface area contributed by atoms with Crippen LogP contribution in [0, 0.1) is 11.7 Å². The molecular weight excluding hydrogens is 467 g/mol. The summed E-state index contributed by atoms with van der Waals surface area (Å²) in [7, 11) is 0. The number of amides is 2. The summed E-state index contributed by atoms with van der Waals surface area (Å²) in [6, 6.07) is 32.6. The van der Waals surface area contributed by atoms with Gasteiger partial charge in [0.15, 0.2) is 6.10 Å². The van der Waals surface area contributed by atoms with Crippen LogP contribution in [0.2, 0.25) is 0 Å². The molecular formula is C31H21FN2O3. The van der Waals surface area contributed by atoms with E-state index in [2.05, 4.69) is 18.2 Å². The van der Waals surface area contributed by atoms with E-state index in [1.54, 1.807) is 5.06 Å². The van der Waals surface area contributed by atoms with E-state index in [-0.39, 0.29) is 5.91 Å². The van der Waals surface area contributed by atoms with Crippen LogP contribution < -0.4 is 9.96 Å². The number of benzene rings is 5. The van der Waals surface area contributed by atoms with Crippen molar-refractivity contribution in [3.8, 4) is 0 Å². The zero-order chi connectivity index (χ0) is 25.1. The van der Waals surface area contributed by atoms with Crippen molar-refractivity contribution in [1.82, 2.24) is 0 Å². The van der Waals surface area contributed by atoms with Gasteiger partial charge in [0.05, 0.1) is 17.4 Å². The normalized spacial score (nSPS) is 21.3. The highest BCUT2D eigenvalue weighted by atomic mass is 19.1. The lowest BCUT2D eigenvalue weighted by molar-refractivity contribution is -0.126. The highest BCUT2D eigenvalue weighted by Crippen LogP contribution is 2.50. The average molecular weight is 489 g/mol. The minimum absolute atomic E-state index is 0.335. The number of halogens is 1. The maximum Gasteiger partial charge on any atom is 0.266 e. The van der Waals surface area contributed by atoms with Crippen LogP contribution in [-0.4, -0.2) is 17.9 Å². The van der Waals surface area contributed by atoms with Crippen molar-refractivity contribution < 1.29 is 18.8 Å². The van der Waals surface area contributed by atoms with Gasteiger partial charge >= 0.3 is 0 Å². The molecule has 5 nitrogen and oxygen atoms in total. The van der Waals surface area contributed by atoms with Gasteiger partial charge in [-0.15, -0.1) is 0 Å². The minimum atomic E-state index is -1.000. The van der Waals surface area contributed by atoms with Crippen molar-refractivity contribution in [2.24, 2.45) is 5.92 Å². The van der Waals surface area contributed by atoms with E-state index in [0.717, 1.165) is 37.7 Å². The minimum Gasteiger partial charge on any atom is -0.273 e. The lowest BCUT2D eigenvalue weighted by Gasteiger charge is -2.30. The van der Waals surface area contributed by atoms with E-state index in [0.29, 0.717) is 5.69 Å². The second-order valence-electron chi connectivity index (χ2n) is 9.38. The topological polar surface area (TPSA) is 49.9 Å². The predicted octanol–water partition coefficient (Wildman–Crippen LogP) is 6.18. The number of hydrogen-bond acceptors (Lipinski definition) is 4. The lowest BCUT2D eigenvalue weighted by Crippen LogP contribution is -2.37. The molecule has 0 unspecified atom stereocenters. The molecule has 0 radical (unpaired) electrons. The Kier molecular flexibility index (Phi) is 4.84. The Bertz CT molecular complexity index is 1630. The number of carbonyl (C=O) groups is 2. The number of carbonyl (C=O) groups excluding carboxylic acids is 2. The quantitative estimate of drug-likeness (QED) is 0.225. The van der Waals surface area contributed by atoms with Crippen molar-refractivity contribution in [2.75, 3.05) is 9.96 Å². The van der Waals surface area contributed by atoms with Gasteiger partial charge in [-0.2, -0.15) is 0 Å². The molecule has 2 saturated heterocycles. The summed E-state index contributed by atoms with van der Waals surface area (Å²) < 4.78 is 13.6. The summed E-state index contributed by atoms with van der Waals surface area (Å²) in [6.07, 6.45) is -1.000. The Morgan fingerprint density at radius 2 is 1.24 bits per heavy atom. The smallest absolute Gasteiger partial charge is 0.266 e. The van der Waals surface area contributed by atoms with E-state index in [1.807, 2.05) is 66.7 Å². The molecule has 0 bridgehead atoms. The summed E-state index contributed by atoms with van der Waals surface area (Å²) in [6.45, 7) is 0. The second kappa shape index (κ2) is 8.25. The van der Waals surface area contributed by atoms with E-state index in [9.17, 15) is 14.0 Å². The van der Waals surface area contributed by atoms with Gasteiger partial charge in [-0.1, -0.05) is 66.7 Å². The summed E-state index contributed by atoms with van der Waals surface area (Å²) >= 11 is 0. The zero-order valence-corrected chi connectivity index (χ0v) is 19.6. The van der Waals surface area contributed by atoms with Crippen LogP contribution >= 0.6 is 0 Å². The number of anilines is 2. The number of rotatable bonds is 3. The predicted molar refractivity (Wildman–Crippen MR) is 140 cm³/mol. The first-order valence-electron chi connectivity index (χ1n) is 12.2. The molecule has 2 fully saturated rings. The van der Waals surface area contributed by atoms with Gasteiger partial charge in [0, 0.05) is 0 Å². The maximum atomic E-state index is 14.0. The van der Waals surface area contributed by atoms with Gasteiger partial charge < -0.3 is 0 Å². The van der Waals surface area contributed by atoms with E-state index in [1.165, 1.54) is 24.3 Å². The number of hydroxylamine groups is 1. The fraction of sp³-hybridized carbons (Fsp3) is 0.0968. The Morgan fingerprint density at radius 3 is 1.89 bits per heavy atom. The van der Waals surface area contributed by atoms with E-state index in [4.69, 9.17) is 4.84 Å². The largest absolute Gasteiger partial charge is 0.273 e. The first kappa shape index (κ1) is 21.7. The molecule has 0 N–H and O–H groups in total. The van der Waals surface area contributed by atoms with Crippen molar-refractivity contribution in [3.63, 3.8) is 0 Å². The molecule has 3 atom stereocenters. The molecule has 5 aromatic rings. The van der Waals surface area contributed by atoms with E-state index < -0.39 is 29.8 Å². The summed E-state index contributed by atoms with van der Waals surface area (Å²) in [5, 5.41) is 5.80. The zero-order valence-electron chi connectivity index (χ0n) is 19.6. The monoisotopic (exact) mass is 488 g/mol. The van der Waals surface area contributed by atoms with Gasteiger partial charge in [-0.3, -0.25) is 14.4 Å². The SMILES string of the molecule is O=C1[C@@H]2[C@H](ON(c3ccccc3)[C@H]2c2c3ccccc3cc3ccccc23)C(=O)N1c1ccc(F)cc1. The first-order valence-corrected chi connectivity index (χ1v) is 12.2. The number of para-hydroxylation sites is 1. The first-order chi connectivity index (χ1) is 18.1. The highest BCUT2D eigenvalue weighted by molar-refractivity contribution is 6.24. The van der Waals surface area contributed by atoms with Gasteiger partial charge in [-0.05, 0) is 69.6 Å². The number of fused-ring (bicyclic) bond motifs is 3. The molecule has 5 aromatic carbocycles. The van der Waals surface area contributed by atoms with Crippen LogP contribution in [0.1, 0.15) is 11.6 Å². The third-order valence-corrected chi connectivity index (χ3v) is 7.32. The van der Waals surface area contributed by atoms with Gasteiger partial charge in [-0.25, -0.2) is 14.4 Å². The molecule has 7 rings (SSSR count). The molecule has 2 aliphatic heterocycles. The molecule has 0 spiro atoms. The van der Waals surface area contributed by atoms with Gasteiger partial charge in [0.2, 0.25) is 5.91 Å². The number of hydrogen-bond donors (Lipinski definition) is 0. The molecule has 6 heteroatoms. The maximum absolute atomic E-state index is 14.0. The molecule has 2 amide bonds. The van der Waals surface area contributed by atoms with E-state index >= 15 is 0 Å². The van der Waals surface area contributed by atoms with Gasteiger partial charge in [0.25, 0.3) is 5.91 Å². The molecule has 0 aliphatic carbocycles. The Morgan fingerprint density at radius 1 is 0.649 bits per heavy atom. The Labute approximate surface area is 212 Å². The molecule has 0 saturated carbocycles. The van der Waals surface area contributed by atoms with Crippen LogP contribution in [0.5, 0.6) is 0 Å². The molecule has 180 valence electrons. The van der Waals surface area contributed by atoms with Crippen LogP contribution in [-0.2, 0) is 14.4 Å². The summed E-state index contributed by atoms with van der Waals surface area (Å²) in [4.78, 5) is 35.1. The fourth-order valence-electron chi connectivity index (χ4n) is 5.72. The average Bonchev–Trinajstić information content (AvgIpc) is 3.44. The van der Waals surface area contributed by atoms with Crippen molar-refractivity contribution >= 4 is 44.7 Å². The van der Waals surface area contributed by atoms with Crippen LogP contribution in [0.4, 0.5) is 15.8 Å². The molecule has 2 aliphatic rings. The lowest BCUT2D eigenvalue weighted by atomic mass is 9.84. The number of imide groups is 1. The third kappa shape index (κ3) is 3.26. The summed E-state index contributed by atoms with van der Waals surface area (Å²) in [5.41, 5.74) is 2.03. The third-order valence-electron chi connectivity index (χ3n) is 7.32. The van der Waals surface area contributed by atoms with Crippen molar-refractivity contribution in [2.45, 2.75) is 12.1 Å². The van der Waals surface area contributed by atoms with Crippen LogP contribution in [0.15, 0.2) is 109 Å². The van der Waals surface area contributed by atoms with Crippen molar-refractivity contribution in [1.29, 1.82) is 0 Å². The van der Waals surface area contributed by atoms with Gasteiger partial charge in [0.1, 0.15) is 11.7 Å². The van der Waals surface area contributed by atoms with Crippen LogP contribution in [0.25, 0.3) is 21.5 Å². The molecule has 0 aromatic heterocycles. The fourth-order valence-corrected chi connectivity index (χ4v) is 5.72. The molecule has 37 heavy (non-hydrogen) atoms. The number of nitrogens with zero attached hydrogens (tertiary/aromatic N) is 2. The van der Waals surface area contributed by atoms with Crippen LogP contribution in [0.3, 0.4) is 0 Å². The Balaban J connectivity index is 1.47.